The molecule has 0 heterocycles. The Morgan fingerprint density at radius 3 is 2.55 bits per heavy atom. The van der Waals surface area contributed by atoms with Gasteiger partial charge in [-0.1, -0.05) is 49.4 Å². The van der Waals surface area contributed by atoms with Gasteiger partial charge in [0.05, 0.1) is 4.92 Å². The number of nitro benzene ring substituents is 1. The van der Waals surface area contributed by atoms with E-state index in [4.69, 9.17) is 4.74 Å². The van der Waals surface area contributed by atoms with Gasteiger partial charge in [0.2, 0.25) is 0 Å². The Hall–Kier alpha value is -3.48. The second-order valence-electron chi connectivity index (χ2n) is 6.53. The van der Waals surface area contributed by atoms with Crippen molar-refractivity contribution in [1.82, 2.24) is 5.32 Å². The van der Waals surface area contributed by atoms with Crippen LogP contribution in [0, 0.1) is 10.1 Å². The van der Waals surface area contributed by atoms with E-state index < -0.39 is 17.0 Å². The number of non-ortho nitro benzene ring substituents is 1. The van der Waals surface area contributed by atoms with Crippen molar-refractivity contribution in [2.45, 2.75) is 32.3 Å². The maximum atomic E-state index is 12.2. The van der Waals surface area contributed by atoms with E-state index in [-0.39, 0.29) is 17.5 Å². The highest BCUT2D eigenvalue weighted by atomic mass is 16.6. The van der Waals surface area contributed by atoms with Crippen molar-refractivity contribution in [2.24, 2.45) is 0 Å². The van der Waals surface area contributed by atoms with Crippen LogP contribution in [0.25, 0.3) is 6.08 Å². The molecule has 0 saturated carbocycles. The Balaban J connectivity index is 1.86. The lowest BCUT2D eigenvalue weighted by Crippen LogP contribution is -2.37. The first-order valence-electron chi connectivity index (χ1n) is 9.36. The van der Waals surface area contributed by atoms with Crippen molar-refractivity contribution >= 4 is 23.6 Å². The molecule has 0 radical (unpaired) electrons. The highest BCUT2D eigenvalue weighted by Gasteiger charge is 2.18. The Morgan fingerprint density at radius 2 is 1.90 bits per heavy atom. The molecular formula is C22H24N2O5. The summed E-state index contributed by atoms with van der Waals surface area (Å²) in [5.41, 5.74) is 1.55. The minimum absolute atomic E-state index is 0.0721. The average molecular weight is 396 g/mol. The fourth-order valence-corrected chi connectivity index (χ4v) is 2.76. The van der Waals surface area contributed by atoms with E-state index in [0.717, 1.165) is 18.1 Å². The van der Waals surface area contributed by atoms with Crippen molar-refractivity contribution in [2.75, 3.05) is 6.54 Å². The summed E-state index contributed by atoms with van der Waals surface area (Å²) in [6.45, 7) is 3.99. The Labute approximate surface area is 169 Å². The molecule has 2 rings (SSSR count). The number of hydrogen-bond acceptors (Lipinski definition) is 5. The van der Waals surface area contributed by atoms with E-state index in [9.17, 15) is 19.7 Å². The van der Waals surface area contributed by atoms with Gasteiger partial charge in [0, 0.05) is 30.7 Å². The van der Waals surface area contributed by atoms with E-state index in [1.807, 2.05) is 37.3 Å². The monoisotopic (exact) mass is 396 g/mol. The summed E-state index contributed by atoms with van der Waals surface area (Å²) < 4.78 is 5.11. The van der Waals surface area contributed by atoms with Crippen LogP contribution in [0.2, 0.25) is 0 Å². The molecule has 2 aromatic rings. The molecule has 0 spiro atoms. The average Bonchev–Trinajstić information content (AvgIpc) is 2.73. The summed E-state index contributed by atoms with van der Waals surface area (Å²) in [5.74, 6) is -0.900. The molecule has 152 valence electrons. The second-order valence-corrected chi connectivity index (χ2v) is 6.53. The molecule has 29 heavy (non-hydrogen) atoms. The van der Waals surface area contributed by atoms with E-state index in [1.54, 1.807) is 6.07 Å². The quantitative estimate of drug-likeness (QED) is 0.300. The topological polar surface area (TPSA) is 98.5 Å². The highest BCUT2D eigenvalue weighted by Crippen LogP contribution is 2.18. The van der Waals surface area contributed by atoms with Crippen LogP contribution in [0.3, 0.4) is 0 Å². The molecule has 0 bridgehead atoms. The Kier molecular flexibility index (Phi) is 8.09. The van der Waals surface area contributed by atoms with Gasteiger partial charge in [-0.05, 0) is 30.5 Å². The molecule has 7 nitrogen and oxygen atoms in total. The molecule has 2 aromatic carbocycles. The molecule has 7 heteroatoms. The maximum absolute atomic E-state index is 12.2. The number of amides is 1. The van der Waals surface area contributed by atoms with Crippen LogP contribution in [-0.4, -0.2) is 29.4 Å². The number of carbonyl (C=O) groups excluding carboxylic acids is 2. The third-order valence-corrected chi connectivity index (χ3v) is 4.44. The zero-order chi connectivity index (χ0) is 21.2. The highest BCUT2D eigenvalue weighted by molar-refractivity contribution is 5.90. The lowest BCUT2D eigenvalue weighted by Gasteiger charge is -2.18. The van der Waals surface area contributed by atoms with Crippen molar-refractivity contribution in [3.8, 4) is 0 Å². The van der Waals surface area contributed by atoms with E-state index in [1.165, 1.54) is 31.2 Å². The third-order valence-electron chi connectivity index (χ3n) is 4.44. The van der Waals surface area contributed by atoms with Gasteiger partial charge >= 0.3 is 5.97 Å². The van der Waals surface area contributed by atoms with E-state index in [0.29, 0.717) is 12.1 Å². The summed E-state index contributed by atoms with van der Waals surface area (Å²) in [6, 6.07) is 15.7. The van der Waals surface area contributed by atoms with Crippen molar-refractivity contribution < 1.29 is 19.2 Å². The minimum atomic E-state index is -0.953. The van der Waals surface area contributed by atoms with Gasteiger partial charge in [0.15, 0.2) is 6.10 Å². The number of nitro groups is 1. The largest absolute Gasteiger partial charge is 0.449 e. The van der Waals surface area contributed by atoms with Crippen LogP contribution in [0.5, 0.6) is 0 Å². The Morgan fingerprint density at radius 1 is 1.17 bits per heavy atom. The van der Waals surface area contributed by atoms with Gasteiger partial charge in [-0.3, -0.25) is 14.9 Å². The molecule has 1 amide bonds. The number of rotatable bonds is 9. The first-order valence-corrected chi connectivity index (χ1v) is 9.36. The summed E-state index contributed by atoms with van der Waals surface area (Å²) in [7, 11) is 0. The fourth-order valence-electron chi connectivity index (χ4n) is 2.76. The van der Waals surface area contributed by atoms with Crippen molar-refractivity contribution in [3.05, 3.63) is 81.9 Å². The minimum Gasteiger partial charge on any atom is -0.449 e. The molecule has 0 aliphatic heterocycles. The first-order chi connectivity index (χ1) is 13.9. The molecule has 0 fully saturated rings. The van der Waals surface area contributed by atoms with E-state index in [2.05, 4.69) is 5.32 Å². The molecule has 0 aliphatic carbocycles. The summed E-state index contributed by atoms with van der Waals surface area (Å²) in [5, 5.41) is 13.6. The third kappa shape index (κ3) is 6.88. The molecule has 2 atom stereocenters. The zero-order valence-electron chi connectivity index (χ0n) is 16.4. The van der Waals surface area contributed by atoms with Crippen LogP contribution in [-0.2, 0) is 14.3 Å². The number of carbonyl (C=O) groups is 2. The van der Waals surface area contributed by atoms with Crippen LogP contribution in [0.15, 0.2) is 60.7 Å². The normalized spacial score (nSPS) is 12.9. The molecule has 0 saturated heterocycles. The van der Waals surface area contributed by atoms with Gasteiger partial charge in [0.1, 0.15) is 0 Å². The number of nitrogens with zero attached hydrogens (tertiary/aromatic N) is 1. The van der Waals surface area contributed by atoms with Crippen molar-refractivity contribution in [3.63, 3.8) is 0 Å². The SMILES string of the molecule is CC[C@H](CNC(=O)[C@H](C)OC(=O)/C=C/c1cccc([N+](=O)[O-])c1)c1ccccc1. The van der Waals surface area contributed by atoms with Gasteiger partial charge in [-0.15, -0.1) is 0 Å². The smallest absolute Gasteiger partial charge is 0.331 e. The molecule has 0 aliphatic rings. The van der Waals surface area contributed by atoms with Crippen LogP contribution in [0.1, 0.15) is 37.3 Å². The lowest BCUT2D eigenvalue weighted by molar-refractivity contribution is -0.384. The summed E-state index contributed by atoms with van der Waals surface area (Å²) in [6.07, 6.45) is 2.46. The van der Waals surface area contributed by atoms with Crippen LogP contribution in [0.4, 0.5) is 5.69 Å². The number of benzene rings is 2. The van der Waals surface area contributed by atoms with Gasteiger partial charge in [-0.25, -0.2) is 4.79 Å². The Bertz CT molecular complexity index is 880. The van der Waals surface area contributed by atoms with Crippen molar-refractivity contribution in [1.29, 1.82) is 0 Å². The summed E-state index contributed by atoms with van der Waals surface area (Å²) >= 11 is 0. The summed E-state index contributed by atoms with van der Waals surface area (Å²) in [4.78, 5) is 34.4. The molecular weight excluding hydrogens is 372 g/mol. The number of ether oxygens (including phenoxy) is 1. The standard InChI is InChI=1S/C22H24N2O5/c1-3-18(19-9-5-4-6-10-19)15-23-22(26)16(2)29-21(25)13-12-17-8-7-11-20(14-17)24(27)28/h4-14,16,18H,3,15H2,1-2H3,(H,23,26)/b13-12+/t16-,18+/m0/s1. The van der Waals surface area contributed by atoms with Crippen LogP contribution < -0.4 is 5.32 Å². The molecule has 0 aromatic heterocycles. The number of esters is 1. The van der Waals surface area contributed by atoms with Crippen LogP contribution >= 0.6 is 0 Å². The van der Waals surface area contributed by atoms with Gasteiger partial charge < -0.3 is 10.1 Å². The molecule has 1 N–H and O–H groups in total. The number of nitrogens with one attached hydrogen (secondary N) is 1. The zero-order valence-corrected chi connectivity index (χ0v) is 16.4. The predicted molar refractivity (Wildman–Crippen MR) is 110 cm³/mol. The second kappa shape index (κ2) is 10.8. The molecule has 0 unspecified atom stereocenters. The lowest BCUT2D eigenvalue weighted by atomic mass is 9.96. The van der Waals surface area contributed by atoms with Gasteiger partial charge in [-0.2, -0.15) is 0 Å². The first kappa shape index (κ1) is 21.8. The predicted octanol–water partition coefficient (Wildman–Crippen LogP) is 3.85. The number of hydrogen-bond donors (Lipinski definition) is 1. The van der Waals surface area contributed by atoms with Gasteiger partial charge in [0.25, 0.3) is 11.6 Å². The van der Waals surface area contributed by atoms with E-state index >= 15 is 0 Å². The fraction of sp³-hybridized carbons (Fsp3) is 0.273. The maximum Gasteiger partial charge on any atom is 0.331 e.